The van der Waals surface area contributed by atoms with Crippen molar-refractivity contribution in [1.82, 2.24) is 15.1 Å². The molecule has 3 amide bonds. The number of nitrogens with one attached hydrogen (secondary N) is 1. The van der Waals surface area contributed by atoms with E-state index < -0.39 is 0 Å². The van der Waals surface area contributed by atoms with Crippen LogP contribution in [-0.4, -0.2) is 66.9 Å². The normalized spacial score (nSPS) is 24.8. The number of methoxy groups -OCH3 is 1. The van der Waals surface area contributed by atoms with Gasteiger partial charge in [0.2, 0.25) is 0 Å². The number of benzene rings is 1. The van der Waals surface area contributed by atoms with Crippen LogP contribution in [0.4, 0.5) is 9.59 Å². The minimum atomic E-state index is -0.268. The first-order valence-corrected chi connectivity index (χ1v) is 10.3. The van der Waals surface area contributed by atoms with Crippen molar-refractivity contribution in [3.05, 3.63) is 29.8 Å². The van der Waals surface area contributed by atoms with Gasteiger partial charge in [-0.25, -0.2) is 9.59 Å². The number of fused-ring (bicyclic) bond motifs is 1. The lowest BCUT2D eigenvalue weighted by Crippen LogP contribution is -2.46. The molecule has 0 bridgehead atoms. The zero-order valence-corrected chi connectivity index (χ0v) is 16.4. The maximum Gasteiger partial charge on any atom is 0.410 e. The summed E-state index contributed by atoms with van der Waals surface area (Å²) in [7, 11) is 1.64. The largest absolute Gasteiger partial charge is 0.497 e. The smallest absolute Gasteiger partial charge is 0.410 e. The molecule has 2 atom stereocenters. The summed E-state index contributed by atoms with van der Waals surface area (Å²) < 4.78 is 10.7. The highest BCUT2D eigenvalue weighted by molar-refractivity contribution is 5.76. The van der Waals surface area contributed by atoms with Gasteiger partial charge in [-0.15, -0.1) is 0 Å². The average molecular weight is 387 g/mol. The van der Waals surface area contributed by atoms with Crippen LogP contribution < -0.4 is 10.1 Å². The molecule has 4 rings (SSSR count). The predicted molar refractivity (Wildman–Crippen MR) is 104 cm³/mol. The second-order valence-corrected chi connectivity index (χ2v) is 7.97. The fraction of sp³-hybridized carbons (Fsp3) is 0.619. The number of urea groups is 1. The molecule has 0 spiro atoms. The Balaban J connectivity index is 1.31. The molecule has 1 aromatic rings. The van der Waals surface area contributed by atoms with Gasteiger partial charge in [0.15, 0.2) is 0 Å². The summed E-state index contributed by atoms with van der Waals surface area (Å²) in [6.45, 7) is 1.61. The van der Waals surface area contributed by atoms with E-state index in [4.69, 9.17) is 9.47 Å². The lowest BCUT2D eigenvalue weighted by atomic mass is 9.96. The molecule has 1 aromatic carbocycles. The number of nitrogens with zero attached hydrogens (tertiary/aromatic N) is 2. The van der Waals surface area contributed by atoms with Gasteiger partial charge in [-0.3, -0.25) is 4.90 Å². The summed E-state index contributed by atoms with van der Waals surface area (Å²) >= 11 is 0. The summed E-state index contributed by atoms with van der Waals surface area (Å²) in [6.07, 6.45) is 6.03. The van der Waals surface area contributed by atoms with E-state index in [9.17, 15) is 9.59 Å². The van der Waals surface area contributed by atoms with Crippen molar-refractivity contribution in [2.75, 3.05) is 26.7 Å². The van der Waals surface area contributed by atoms with Gasteiger partial charge in [-0.1, -0.05) is 31.4 Å². The van der Waals surface area contributed by atoms with Gasteiger partial charge >= 0.3 is 12.1 Å². The van der Waals surface area contributed by atoms with E-state index in [1.54, 1.807) is 16.9 Å². The topological polar surface area (TPSA) is 71.1 Å². The zero-order valence-electron chi connectivity index (χ0n) is 16.4. The van der Waals surface area contributed by atoms with Crippen LogP contribution in [0, 0.1) is 0 Å². The Kier molecular flexibility index (Phi) is 5.59. The van der Waals surface area contributed by atoms with Crippen molar-refractivity contribution in [3.63, 3.8) is 0 Å². The van der Waals surface area contributed by atoms with E-state index in [1.807, 2.05) is 24.3 Å². The highest BCUT2D eigenvalue weighted by Gasteiger charge is 2.48. The standard InChI is InChI=1S/C21H29N3O4/c1-27-17-9-7-15(8-10-17)11-12-24-18-13-23(14-19(18)28-21(24)26)20(25)22-16-5-3-2-4-6-16/h7-10,16,18-19H,2-6,11-14H2,1H3,(H,22,25)/t18-,19+/m1/s1. The number of hydrogen-bond donors (Lipinski definition) is 1. The molecule has 2 aliphatic heterocycles. The summed E-state index contributed by atoms with van der Waals surface area (Å²) in [5, 5.41) is 3.16. The fourth-order valence-electron chi connectivity index (χ4n) is 4.48. The third kappa shape index (κ3) is 4.03. The predicted octanol–water partition coefficient (Wildman–Crippen LogP) is 2.79. The summed E-state index contributed by atoms with van der Waals surface area (Å²) in [6, 6.07) is 8.08. The molecule has 2 heterocycles. The number of carbonyl (C=O) groups is 2. The summed E-state index contributed by atoms with van der Waals surface area (Å²) in [5.41, 5.74) is 1.14. The molecular formula is C21H29N3O4. The van der Waals surface area contributed by atoms with Crippen LogP contribution in [0.1, 0.15) is 37.7 Å². The van der Waals surface area contributed by atoms with Gasteiger partial charge < -0.3 is 19.7 Å². The lowest BCUT2D eigenvalue weighted by Gasteiger charge is -2.27. The second-order valence-electron chi connectivity index (χ2n) is 7.97. The number of amides is 3. The Morgan fingerprint density at radius 2 is 1.93 bits per heavy atom. The van der Waals surface area contributed by atoms with Crippen molar-refractivity contribution in [2.45, 2.75) is 56.7 Å². The van der Waals surface area contributed by atoms with Gasteiger partial charge in [0.05, 0.1) is 19.7 Å². The van der Waals surface area contributed by atoms with Gasteiger partial charge in [-0.2, -0.15) is 0 Å². The monoisotopic (exact) mass is 387 g/mol. The van der Waals surface area contributed by atoms with Crippen LogP contribution in [0.3, 0.4) is 0 Å². The van der Waals surface area contributed by atoms with Crippen LogP contribution in [-0.2, 0) is 11.2 Å². The third-order valence-corrected chi connectivity index (χ3v) is 6.14. The van der Waals surface area contributed by atoms with E-state index in [0.717, 1.165) is 30.6 Å². The van der Waals surface area contributed by atoms with Crippen LogP contribution in [0.25, 0.3) is 0 Å². The Hall–Kier alpha value is -2.44. The molecule has 0 radical (unpaired) electrons. The molecule has 0 aromatic heterocycles. The minimum Gasteiger partial charge on any atom is -0.497 e. The lowest BCUT2D eigenvalue weighted by molar-refractivity contribution is 0.122. The summed E-state index contributed by atoms with van der Waals surface area (Å²) in [4.78, 5) is 28.5. The van der Waals surface area contributed by atoms with E-state index in [-0.39, 0.29) is 30.3 Å². The van der Waals surface area contributed by atoms with Gasteiger partial charge in [0.25, 0.3) is 0 Å². The molecule has 152 valence electrons. The number of likely N-dealkylation sites (tertiary alicyclic amines) is 1. The summed E-state index contributed by atoms with van der Waals surface area (Å²) in [5.74, 6) is 0.819. The molecule has 7 nitrogen and oxygen atoms in total. The van der Waals surface area contributed by atoms with Crippen molar-refractivity contribution in [3.8, 4) is 5.75 Å². The van der Waals surface area contributed by atoms with E-state index in [1.165, 1.54) is 19.3 Å². The van der Waals surface area contributed by atoms with Gasteiger partial charge in [-0.05, 0) is 37.0 Å². The Labute approximate surface area is 166 Å². The molecule has 7 heteroatoms. The van der Waals surface area contributed by atoms with E-state index >= 15 is 0 Å². The number of hydrogen-bond acceptors (Lipinski definition) is 4. The molecule has 3 aliphatic rings. The quantitative estimate of drug-likeness (QED) is 0.843. The maximum absolute atomic E-state index is 12.6. The molecule has 2 saturated heterocycles. The third-order valence-electron chi connectivity index (χ3n) is 6.14. The van der Waals surface area contributed by atoms with Crippen LogP contribution >= 0.6 is 0 Å². The average Bonchev–Trinajstić information content (AvgIpc) is 3.25. The van der Waals surface area contributed by atoms with Crippen LogP contribution in [0.5, 0.6) is 5.75 Å². The Morgan fingerprint density at radius 1 is 1.18 bits per heavy atom. The Morgan fingerprint density at radius 3 is 2.64 bits per heavy atom. The van der Waals surface area contributed by atoms with E-state index in [2.05, 4.69) is 5.32 Å². The Bertz CT molecular complexity index is 702. The molecule has 28 heavy (non-hydrogen) atoms. The number of carbonyl (C=O) groups excluding carboxylic acids is 2. The molecule has 0 unspecified atom stereocenters. The minimum absolute atomic E-state index is 0.0209. The first kappa shape index (κ1) is 18.9. The highest BCUT2D eigenvalue weighted by atomic mass is 16.6. The van der Waals surface area contributed by atoms with Crippen molar-refractivity contribution < 1.29 is 19.1 Å². The van der Waals surface area contributed by atoms with Crippen molar-refractivity contribution in [2.24, 2.45) is 0 Å². The fourth-order valence-corrected chi connectivity index (χ4v) is 4.48. The SMILES string of the molecule is COc1ccc(CCN2C(=O)O[C@H]3CN(C(=O)NC4CCCCC4)C[C@H]32)cc1. The molecule has 1 N–H and O–H groups in total. The molecule has 1 saturated carbocycles. The first-order chi connectivity index (χ1) is 13.6. The van der Waals surface area contributed by atoms with Gasteiger partial charge in [0, 0.05) is 19.1 Å². The van der Waals surface area contributed by atoms with Crippen LogP contribution in [0.2, 0.25) is 0 Å². The van der Waals surface area contributed by atoms with Crippen molar-refractivity contribution in [1.29, 1.82) is 0 Å². The maximum atomic E-state index is 12.6. The van der Waals surface area contributed by atoms with Crippen molar-refractivity contribution >= 4 is 12.1 Å². The molecule has 3 fully saturated rings. The van der Waals surface area contributed by atoms with Crippen LogP contribution in [0.15, 0.2) is 24.3 Å². The van der Waals surface area contributed by atoms with E-state index in [0.29, 0.717) is 19.6 Å². The number of ether oxygens (including phenoxy) is 2. The highest BCUT2D eigenvalue weighted by Crippen LogP contribution is 2.28. The number of rotatable bonds is 5. The molecule has 1 aliphatic carbocycles. The zero-order chi connectivity index (χ0) is 19.5. The van der Waals surface area contributed by atoms with Gasteiger partial charge in [0.1, 0.15) is 11.9 Å². The molecular weight excluding hydrogens is 358 g/mol. The second kappa shape index (κ2) is 8.29. The first-order valence-electron chi connectivity index (χ1n) is 10.3.